The number of benzene rings is 3. The highest BCUT2D eigenvalue weighted by Crippen LogP contribution is 2.37. The second-order valence-electron chi connectivity index (χ2n) is 9.26. The number of allylic oxidation sites excluding steroid dienone is 1. The first kappa shape index (κ1) is 29.7. The monoisotopic (exact) mass is 528 g/mol. The zero-order valence-electron chi connectivity index (χ0n) is 21.1. The Labute approximate surface area is 228 Å². The number of aliphatic hydroxyl groups excluding tert-OH is 1. The van der Waals surface area contributed by atoms with Crippen LogP contribution in [0.3, 0.4) is 0 Å². The van der Waals surface area contributed by atoms with Gasteiger partial charge in [0.15, 0.2) is 0 Å². The molecule has 3 aromatic rings. The van der Waals surface area contributed by atoms with Crippen LogP contribution in [0.4, 0.5) is 5.69 Å². The maximum atomic E-state index is 10.2. The van der Waals surface area contributed by atoms with Gasteiger partial charge in [0.2, 0.25) is 0 Å². The van der Waals surface area contributed by atoms with Crippen LogP contribution in [0.15, 0.2) is 78.9 Å². The van der Waals surface area contributed by atoms with Gasteiger partial charge in [-0.05, 0) is 78.8 Å². The van der Waals surface area contributed by atoms with Crippen molar-refractivity contribution >= 4 is 41.6 Å². The number of phenols is 1. The SMILES string of the molecule is CC(C)N1CCN(c2ccc(/C(=C(/CCCO)c3ccccc3)c3cccc(O)c3)cc2)CC1.Cl.Cl. The lowest BCUT2D eigenvalue weighted by Crippen LogP contribution is -2.48. The standard InChI is InChI=1S/C30H36N2O2.2ClH/c1-23(2)31-17-19-32(20-18-31)27-15-13-25(14-16-27)30(26-10-6-11-28(34)22-26)29(12-7-21-33)24-8-4-3-5-9-24;;/h3-6,8-11,13-16,22-23,33-34H,7,12,17-21H2,1-2H3;2*1H/b30-29+;;. The van der Waals surface area contributed by atoms with Crippen molar-refractivity contribution in [1.29, 1.82) is 0 Å². The summed E-state index contributed by atoms with van der Waals surface area (Å²) in [5.74, 6) is 0.254. The van der Waals surface area contributed by atoms with Gasteiger partial charge in [-0.1, -0.05) is 54.6 Å². The first-order valence-corrected chi connectivity index (χ1v) is 12.3. The van der Waals surface area contributed by atoms with E-state index in [0.29, 0.717) is 12.5 Å². The van der Waals surface area contributed by atoms with Crippen molar-refractivity contribution < 1.29 is 10.2 Å². The molecule has 1 saturated heterocycles. The molecule has 0 atom stereocenters. The Bertz CT molecular complexity index is 1090. The molecule has 0 unspecified atom stereocenters. The molecular formula is C30H38Cl2N2O2. The summed E-state index contributed by atoms with van der Waals surface area (Å²) in [7, 11) is 0. The van der Waals surface area contributed by atoms with Gasteiger partial charge < -0.3 is 15.1 Å². The molecule has 0 bridgehead atoms. The maximum Gasteiger partial charge on any atom is 0.116 e. The van der Waals surface area contributed by atoms with Crippen LogP contribution < -0.4 is 4.90 Å². The van der Waals surface area contributed by atoms with Gasteiger partial charge in [0.25, 0.3) is 0 Å². The molecule has 1 heterocycles. The number of phenolic OH excluding ortho intramolecular Hbond substituents is 1. The van der Waals surface area contributed by atoms with Gasteiger partial charge in [-0.3, -0.25) is 4.90 Å². The average Bonchev–Trinajstić information content (AvgIpc) is 2.87. The second kappa shape index (κ2) is 14.3. The number of halogens is 2. The molecule has 194 valence electrons. The number of hydrogen-bond acceptors (Lipinski definition) is 4. The van der Waals surface area contributed by atoms with E-state index in [0.717, 1.165) is 54.9 Å². The van der Waals surface area contributed by atoms with Crippen LogP contribution in [0.1, 0.15) is 43.4 Å². The van der Waals surface area contributed by atoms with E-state index in [1.54, 1.807) is 6.07 Å². The van der Waals surface area contributed by atoms with Crippen molar-refractivity contribution in [2.45, 2.75) is 32.7 Å². The maximum absolute atomic E-state index is 10.2. The first-order chi connectivity index (χ1) is 16.6. The third-order valence-electron chi connectivity index (χ3n) is 6.71. The fraction of sp³-hybridized carbons (Fsp3) is 0.333. The highest BCUT2D eigenvalue weighted by atomic mass is 35.5. The summed E-state index contributed by atoms with van der Waals surface area (Å²) in [6, 6.07) is 27.3. The topological polar surface area (TPSA) is 46.9 Å². The number of anilines is 1. The second-order valence-corrected chi connectivity index (χ2v) is 9.26. The largest absolute Gasteiger partial charge is 0.508 e. The number of rotatable bonds is 8. The number of aliphatic hydroxyl groups is 1. The molecule has 2 N–H and O–H groups in total. The Balaban J connectivity index is 0.00000228. The molecular weight excluding hydrogens is 491 g/mol. The van der Waals surface area contributed by atoms with Gasteiger partial charge in [-0.2, -0.15) is 0 Å². The normalized spacial score (nSPS) is 14.6. The molecule has 0 amide bonds. The van der Waals surface area contributed by atoms with Gasteiger partial charge in [-0.25, -0.2) is 0 Å². The summed E-state index contributed by atoms with van der Waals surface area (Å²) in [6.07, 6.45) is 1.44. The number of piperazine rings is 1. The fourth-order valence-electron chi connectivity index (χ4n) is 4.82. The molecule has 3 aromatic carbocycles. The molecule has 4 nitrogen and oxygen atoms in total. The van der Waals surface area contributed by atoms with Gasteiger partial charge in [0.1, 0.15) is 5.75 Å². The van der Waals surface area contributed by atoms with E-state index in [9.17, 15) is 10.2 Å². The van der Waals surface area contributed by atoms with Crippen LogP contribution in [0, 0.1) is 0 Å². The summed E-state index contributed by atoms with van der Waals surface area (Å²) < 4.78 is 0. The highest BCUT2D eigenvalue weighted by molar-refractivity contribution is 5.99. The molecule has 4 rings (SSSR count). The minimum atomic E-state index is 0. The summed E-state index contributed by atoms with van der Waals surface area (Å²) in [5.41, 5.74) is 6.77. The Hall–Kier alpha value is -2.50. The average molecular weight is 530 g/mol. The molecule has 1 aliphatic rings. The lowest BCUT2D eigenvalue weighted by Gasteiger charge is -2.38. The zero-order chi connectivity index (χ0) is 23.9. The van der Waals surface area contributed by atoms with Crippen molar-refractivity contribution in [2.75, 3.05) is 37.7 Å². The number of nitrogens with zero attached hydrogens (tertiary/aromatic N) is 2. The summed E-state index contributed by atoms with van der Waals surface area (Å²) >= 11 is 0. The molecule has 36 heavy (non-hydrogen) atoms. The van der Waals surface area contributed by atoms with E-state index < -0.39 is 0 Å². The quantitative estimate of drug-likeness (QED) is 0.327. The number of hydrogen-bond donors (Lipinski definition) is 2. The van der Waals surface area contributed by atoms with Crippen molar-refractivity contribution in [1.82, 2.24) is 4.90 Å². The Morgan fingerprint density at radius 1 is 0.778 bits per heavy atom. The van der Waals surface area contributed by atoms with E-state index >= 15 is 0 Å². The Kier molecular flexibility index (Phi) is 11.8. The minimum absolute atomic E-state index is 0. The Morgan fingerprint density at radius 3 is 2.00 bits per heavy atom. The molecule has 0 aliphatic carbocycles. The molecule has 1 fully saturated rings. The lowest BCUT2D eigenvalue weighted by molar-refractivity contribution is 0.209. The predicted octanol–water partition coefficient (Wildman–Crippen LogP) is 6.50. The fourth-order valence-corrected chi connectivity index (χ4v) is 4.82. The van der Waals surface area contributed by atoms with Crippen molar-refractivity contribution in [3.8, 4) is 5.75 Å². The summed E-state index contributed by atoms with van der Waals surface area (Å²) in [5, 5.41) is 19.8. The van der Waals surface area contributed by atoms with E-state index in [-0.39, 0.29) is 37.2 Å². The third kappa shape index (κ3) is 7.27. The smallest absolute Gasteiger partial charge is 0.116 e. The summed E-state index contributed by atoms with van der Waals surface area (Å²) in [6.45, 7) is 8.93. The van der Waals surface area contributed by atoms with E-state index in [4.69, 9.17) is 0 Å². The van der Waals surface area contributed by atoms with E-state index in [1.807, 2.05) is 30.3 Å². The third-order valence-corrected chi connectivity index (χ3v) is 6.71. The molecule has 0 saturated carbocycles. The van der Waals surface area contributed by atoms with Crippen molar-refractivity contribution in [3.05, 3.63) is 95.6 Å². The number of aromatic hydroxyl groups is 1. The van der Waals surface area contributed by atoms with Crippen LogP contribution in [0.5, 0.6) is 5.75 Å². The van der Waals surface area contributed by atoms with Gasteiger partial charge in [-0.15, -0.1) is 24.8 Å². The lowest BCUT2D eigenvalue weighted by atomic mass is 9.87. The van der Waals surface area contributed by atoms with E-state index in [1.165, 1.54) is 11.3 Å². The van der Waals surface area contributed by atoms with E-state index in [2.05, 4.69) is 66.1 Å². The molecule has 0 spiro atoms. The summed E-state index contributed by atoms with van der Waals surface area (Å²) in [4.78, 5) is 4.99. The van der Waals surface area contributed by atoms with Crippen LogP contribution >= 0.6 is 24.8 Å². The van der Waals surface area contributed by atoms with Crippen molar-refractivity contribution in [3.63, 3.8) is 0 Å². The van der Waals surface area contributed by atoms with Crippen molar-refractivity contribution in [2.24, 2.45) is 0 Å². The van der Waals surface area contributed by atoms with Crippen LogP contribution in [-0.2, 0) is 0 Å². The zero-order valence-corrected chi connectivity index (χ0v) is 22.8. The molecule has 6 heteroatoms. The van der Waals surface area contributed by atoms with Gasteiger partial charge >= 0.3 is 0 Å². The van der Waals surface area contributed by atoms with Crippen LogP contribution in [0.2, 0.25) is 0 Å². The first-order valence-electron chi connectivity index (χ1n) is 12.3. The minimum Gasteiger partial charge on any atom is -0.508 e. The predicted molar refractivity (Wildman–Crippen MR) is 157 cm³/mol. The van der Waals surface area contributed by atoms with Gasteiger partial charge in [0.05, 0.1) is 0 Å². The van der Waals surface area contributed by atoms with Gasteiger partial charge in [0, 0.05) is 44.5 Å². The molecule has 0 radical (unpaired) electrons. The Morgan fingerprint density at radius 2 is 1.42 bits per heavy atom. The molecule has 1 aliphatic heterocycles. The van der Waals surface area contributed by atoms with Crippen LogP contribution in [-0.4, -0.2) is 53.9 Å². The highest BCUT2D eigenvalue weighted by Gasteiger charge is 2.20. The van der Waals surface area contributed by atoms with Crippen LogP contribution in [0.25, 0.3) is 11.1 Å². The molecule has 0 aromatic heterocycles.